The van der Waals surface area contributed by atoms with Crippen molar-refractivity contribution in [3.63, 3.8) is 0 Å². The summed E-state index contributed by atoms with van der Waals surface area (Å²) in [7, 11) is 0. The first-order chi connectivity index (χ1) is 8.54. The van der Waals surface area contributed by atoms with Crippen molar-refractivity contribution in [2.45, 2.75) is 6.61 Å². The molecule has 0 saturated carbocycles. The summed E-state index contributed by atoms with van der Waals surface area (Å²) in [5.74, 6) is 0.373. The highest BCUT2D eigenvalue weighted by Crippen LogP contribution is 2.23. The fourth-order valence-electron chi connectivity index (χ4n) is 1.30. The maximum atomic E-state index is 12.0. The Morgan fingerprint density at radius 1 is 1.00 bits per heavy atom. The highest BCUT2D eigenvalue weighted by Gasteiger charge is 2.07. The lowest BCUT2D eigenvalue weighted by Crippen LogP contribution is -2.01. The molecule has 0 aliphatic carbocycles. The van der Waals surface area contributed by atoms with Gasteiger partial charge in [-0.25, -0.2) is 9.97 Å². The molecule has 0 aliphatic heterocycles. The maximum absolute atomic E-state index is 12.0. The highest BCUT2D eigenvalue weighted by molar-refractivity contribution is 6.33. The van der Waals surface area contributed by atoms with Crippen molar-refractivity contribution in [1.82, 2.24) is 9.97 Å². The molecule has 7 heteroatoms. The molecule has 0 spiro atoms. The predicted molar refractivity (Wildman–Crippen MR) is 64.1 cm³/mol. The van der Waals surface area contributed by atoms with E-state index in [1.807, 2.05) is 0 Å². The van der Waals surface area contributed by atoms with Gasteiger partial charge in [0.2, 0.25) is 0 Å². The van der Waals surface area contributed by atoms with Crippen molar-refractivity contribution in [2.24, 2.45) is 0 Å². The van der Waals surface area contributed by atoms with Crippen LogP contribution in [0.1, 0.15) is 0 Å². The Kier molecular flexibility index (Phi) is 3.93. The number of benzene rings is 1. The van der Waals surface area contributed by atoms with Crippen LogP contribution >= 0.6 is 23.2 Å². The van der Waals surface area contributed by atoms with E-state index in [2.05, 4.69) is 14.7 Å². The van der Waals surface area contributed by atoms with Crippen molar-refractivity contribution in [2.75, 3.05) is 0 Å². The van der Waals surface area contributed by atoms with Crippen LogP contribution in [0.2, 0.25) is 10.3 Å². The number of nitrogens with zero attached hydrogens (tertiary/aromatic N) is 2. The standard InChI is InChI=1S/C11H6Cl2F2N2O/c12-8-5-9(13)17-10(16-8)6-1-3-7(4-2-6)18-11(14)15/h1-5,11H. The van der Waals surface area contributed by atoms with Gasteiger partial charge in [0.1, 0.15) is 16.1 Å². The molecule has 0 aliphatic rings. The van der Waals surface area contributed by atoms with E-state index in [1.165, 1.54) is 18.2 Å². The number of rotatable bonds is 3. The summed E-state index contributed by atoms with van der Waals surface area (Å²) >= 11 is 11.5. The quantitative estimate of drug-likeness (QED) is 0.800. The van der Waals surface area contributed by atoms with Crippen molar-refractivity contribution < 1.29 is 13.5 Å². The number of hydrogen-bond donors (Lipinski definition) is 0. The zero-order chi connectivity index (χ0) is 13.1. The van der Waals surface area contributed by atoms with Crippen LogP contribution in [-0.2, 0) is 0 Å². The fraction of sp³-hybridized carbons (Fsp3) is 0.0909. The van der Waals surface area contributed by atoms with Crippen LogP contribution < -0.4 is 4.74 Å². The van der Waals surface area contributed by atoms with Gasteiger partial charge in [-0.3, -0.25) is 0 Å². The zero-order valence-corrected chi connectivity index (χ0v) is 10.3. The van der Waals surface area contributed by atoms with Crippen LogP contribution in [0.5, 0.6) is 5.75 Å². The molecule has 2 aromatic rings. The van der Waals surface area contributed by atoms with Gasteiger partial charge in [-0.15, -0.1) is 0 Å². The van der Waals surface area contributed by atoms with E-state index in [0.29, 0.717) is 11.4 Å². The van der Waals surface area contributed by atoms with Gasteiger partial charge in [0, 0.05) is 11.6 Å². The molecular formula is C11H6Cl2F2N2O. The first-order valence-corrected chi connectivity index (χ1v) is 5.55. The lowest BCUT2D eigenvalue weighted by Gasteiger charge is -2.05. The summed E-state index contributed by atoms with van der Waals surface area (Å²) in [6.45, 7) is -2.85. The molecule has 3 nitrogen and oxygen atoms in total. The molecule has 0 saturated heterocycles. The number of hydrogen-bond acceptors (Lipinski definition) is 3. The normalized spacial score (nSPS) is 10.7. The molecule has 0 bridgehead atoms. The van der Waals surface area contributed by atoms with Gasteiger partial charge in [0.05, 0.1) is 0 Å². The van der Waals surface area contributed by atoms with Crippen molar-refractivity contribution in [1.29, 1.82) is 0 Å². The average molecular weight is 291 g/mol. The Hall–Kier alpha value is -1.46. The summed E-state index contributed by atoms with van der Waals surface area (Å²) in [6.07, 6.45) is 0. The van der Waals surface area contributed by atoms with Gasteiger partial charge in [-0.05, 0) is 24.3 Å². The Labute approximate surface area is 111 Å². The molecule has 94 valence electrons. The van der Waals surface area contributed by atoms with Gasteiger partial charge in [-0.1, -0.05) is 23.2 Å². The summed E-state index contributed by atoms with van der Waals surface area (Å²) < 4.78 is 28.2. The second-order valence-corrected chi connectivity index (χ2v) is 4.01. The molecular weight excluding hydrogens is 285 g/mol. The van der Waals surface area contributed by atoms with Crippen molar-refractivity contribution in [3.05, 3.63) is 40.6 Å². The van der Waals surface area contributed by atoms with Crippen LogP contribution in [0.15, 0.2) is 30.3 Å². The van der Waals surface area contributed by atoms with E-state index < -0.39 is 6.61 Å². The zero-order valence-electron chi connectivity index (χ0n) is 8.78. The van der Waals surface area contributed by atoms with Crippen molar-refractivity contribution >= 4 is 23.2 Å². The second kappa shape index (κ2) is 5.46. The smallest absolute Gasteiger partial charge is 0.387 e. The molecule has 2 rings (SSSR count). The summed E-state index contributed by atoms with van der Waals surface area (Å²) in [5, 5.41) is 0.413. The summed E-state index contributed by atoms with van der Waals surface area (Å²) in [4.78, 5) is 7.95. The molecule has 0 radical (unpaired) electrons. The van der Waals surface area contributed by atoms with Crippen LogP contribution in [0.25, 0.3) is 11.4 Å². The molecule has 0 amide bonds. The average Bonchev–Trinajstić information content (AvgIpc) is 2.27. The van der Waals surface area contributed by atoms with E-state index in [9.17, 15) is 8.78 Å². The van der Waals surface area contributed by atoms with Gasteiger partial charge in [-0.2, -0.15) is 8.78 Å². The lowest BCUT2D eigenvalue weighted by molar-refractivity contribution is -0.0498. The van der Waals surface area contributed by atoms with Gasteiger partial charge < -0.3 is 4.74 Å². The fourth-order valence-corrected chi connectivity index (χ4v) is 1.73. The molecule has 1 aromatic heterocycles. The minimum atomic E-state index is -2.85. The Bertz CT molecular complexity index is 529. The van der Waals surface area contributed by atoms with E-state index in [4.69, 9.17) is 23.2 Å². The highest BCUT2D eigenvalue weighted by atomic mass is 35.5. The minimum absolute atomic E-state index is 0.0573. The van der Waals surface area contributed by atoms with Crippen LogP contribution in [0.4, 0.5) is 8.78 Å². The van der Waals surface area contributed by atoms with E-state index in [0.717, 1.165) is 0 Å². The first kappa shape index (κ1) is 13.0. The van der Waals surface area contributed by atoms with E-state index in [-0.39, 0.29) is 16.1 Å². The third kappa shape index (κ3) is 3.27. The number of ether oxygens (including phenoxy) is 1. The van der Waals surface area contributed by atoms with Crippen LogP contribution in [-0.4, -0.2) is 16.6 Å². The van der Waals surface area contributed by atoms with E-state index in [1.54, 1.807) is 12.1 Å². The van der Waals surface area contributed by atoms with E-state index >= 15 is 0 Å². The number of halogens is 4. The lowest BCUT2D eigenvalue weighted by atomic mass is 10.2. The van der Waals surface area contributed by atoms with Gasteiger partial charge in [0.15, 0.2) is 5.82 Å². The first-order valence-electron chi connectivity index (χ1n) is 4.80. The molecule has 1 heterocycles. The monoisotopic (exact) mass is 290 g/mol. The second-order valence-electron chi connectivity index (χ2n) is 3.24. The third-order valence-electron chi connectivity index (χ3n) is 2.00. The Balaban J connectivity index is 2.28. The summed E-state index contributed by atoms with van der Waals surface area (Å²) in [5.41, 5.74) is 0.598. The Morgan fingerprint density at radius 2 is 1.56 bits per heavy atom. The molecule has 18 heavy (non-hydrogen) atoms. The molecule has 0 atom stereocenters. The van der Waals surface area contributed by atoms with Crippen LogP contribution in [0, 0.1) is 0 Å². The van der Waals surface area contributed by atoms with Gasteiger partial charge in [0.25, 0.3) is 0 Å². The molecule has 0 unspecified atom stereocenters. The topological polar surface area (TPSA) is 35.0 Å². The third-order valence-corrected chi connectivity index (χ3v) is 2.39. The molecule has 0 N–H and O–H groups in total. The van der Waals surface area contributed by atoms with Gasteiger partial charge >= 0.3 is 6.61 Å². The predicted octanol–water partition coefficient (Wildman–Crippen LogP) is 4.05. The maximum Gasteiger partial charge on any atom is 0.387 e. The summed E-state index contributed by atoms with van der Waals surface area (Å²) in [6, 6.07) is 7.26. The minimum Gasteiger partial charge on any atom is -0.435 e. The molecule has 0 fully saturated rings. The van der Waals surface area contributed by atoms with Crippen LogP contribution in [0.3, 0.4) is 0 Å². The Morgan fingerprint density at radius 3 is 2.06 bits per heavy atom. The van der Waals surface area contributed by atoms with Crippen molar-refractivity contribution in [3.8, 4) is 17.1 Å². The number of aromatic nitrogens is 2. The SMILES string of the molecule is FC(F)Oc1ccc(-c2nc(Cl)cc(Cl)n2)cc1. The number of alkyl halides is 2. The largest absolute Gasteiger partial charge is 0.435 e. The molecule has 1 aromatic carbocycles.